The molecule has 0 saturated carbocycles. The molecule has 0 fully saturated rings. The van der Waals surface area contributed by atoms with Crippen molar-refractivity contribution >= 4 is 10.4 Å². The first kappa shape index (κ1) is 12.6. The van der Waals surface area contributed by atoms with Crippen LogP contribution in [-0.4, -0.2) is 19.6 Å². The number of allylic oxidation sites excluding steroid dienone is 1. The summed E-state index contributed by atoms with van der Waals surface area (Å²) in [5, 5.41) is 0. The Bertz CT molecular complexity index is 231. The van der Waals surface area contributed by atoms with Crippen LogP contribution in [0.4, 0.5) is 0 Å². The van der Waals surface area contributed by atoms with E-state index in [4.69, 9.17) is 4.55 Å². The SMILES string of the molecule is CCCC/C=C/CCOS(=O)(=O)O. The van der Waals surface area contributed by atoms with Crippen LogP contribution in [0.15, 0.2) is 12.2 Å². The van der Waals surface area contributed by atoms with Crippen molar-refractivity contribution in [2.24, 2.45) is 0 Å². The molecule has 0 unspecified atom stereocenters. The topological polar surface area (TPSA) is 63.6 Å². The standard InChI is InChI=1S/C8H16O4S/c1-2-3-4-5-6-7-8-12-13(9,10)11/h5-6H,2-4,7-8H2,1H3,(H,9,10,11)/b6-5+. The normalized spacial score (nSPS) is 12.5. The molecule has 0 bridgehead atoms. The van der Waals surface area contributed by atoms with E-state index in [1.165, 1.54) is 0 Å². The third-order valence-electron chi connectivity index (χ3n) is 1.41. The van der Waals surface area contributed by atoms with Crippen molar-refractivity contribution in [1.82, 2.24) is 0 Å². The lowest BCUT2D eigenvalue weighted by Gasteiger charge is -1.95. The maximum atomic E-state index is 10.1. The zero-order chi connectivity index (χ0) is 10.2. The minimum absolute atomic E-state index is 0.00145. The molecule has 4 nitrogen and oxygen atoms in total. The summed E-state index contributed by atoms with van der Waals surface area (Å²) in [7, 11) is -4.26. The Morgan fingerprint density at radius 3 is 2.46 bits per heavy atom. The molecule has 0 rings (SSSR count). The highest BCUT2D eigenvalue weighted by Gasteiger charge is 2.00. The Hall–Kier alpha value is -0.390. The molecule has 0 aliphatic rings. The van der Waals surface area contributed by atoms with Gasteiger partial charge >= 0.3 is 10.4 Å². The van der Waals surface area contributed by atoms with Gasteiger partial charge in [-0.1, -0.05) is 31.9 Å². The van der Waals surface area contributed by atoms with Gasteiger partial charge < -0.3 is 0 Å². The van der Waals surface area contributed by atoms with Crippen LogP contribution in [-0.2, 0) is 14.6 Å². The van der Waals surface area contributed by atoms with Gasteiger partial charge in [-0.2, -0.15) is 8.42 Å². The molecular weight excluding hydrogens is 192 g/mol. The van der Waals surface area contributed by atoms with Crippen LogP contribution in [0.1, 0.15) is 32.6 Å². The third kappa shape index (κ3) is 11.6. The van der Waals surface area contributed by atoms with E-state index in [0.29, 0.717) is 6.42 Å². The fraction of sp³-hybridized carbons (Fsp3) is 0.750. The monoisotopic (exact) mass is 208 g/mol. The van der Waals surface area contributed by atoms with E-state index in [1.54, 1.807) is 0 Å². The van der Waals surface area contributed by atoms with Gasteiger partial charge in [0, 0.05) is 0 Å². The summed E-state index contributed by atoms with van der Waals surface area (Å²) < 4.78 is 32.4. The second-order valence-corrected chi connectivity index (χ2v) is 3.74. The van der Waals surface area contributed by atoms with E-state index in [-0.39, 0.29) is 6.61 Å². The van der Waals surface area contributed by atoms with Crippen LogP contribution in [0, 0.1) is 0 Å². The van der Waals surface area contributed by atoms with E-state index in [2.05, 4.69) is 11.1 Å². The second-order valence-electron chi connectivity index (χ2n) is 2.65. The fourth-order valence-corrected chi connectivity index (χ4v) is 1.09. The average molecular weight is 208 g/mol. The van der Waals surface area contributed by atoms with Crippen molar-refractivity contribution in [2.45, 2.75) is 32.6 Å². The minimum atomic E-state index is -4.26. The number of rotatable bonds is 7. The molecule has 0 aromatic heterocycles. The number of unbranched alkanes of at least 4 members (excludes halogenated alkanes) is 2. The van der Waals surface area contributed by atoms with Crippen LogP contribution in [0.5, 0.6) is 0 Å². The summed E-state index contributed by atoms with van der Waals surface area (Å²) in [6.45, 7) is 2.11. The van der Waals surface area contributed by atoms with Crippen LogP contribution in [0.2, 0.25) is 0 Å². The lowest BCUT2D eigenvalue weighted by atomic mass is 10.2. The molecule has 0 aromatic rings. The van der Waals surface area contributed by atoms with E-state index < -0.39 is 10.4 Å². The first-order valence-electron chi connectivity index (χ1n) is 4.33. The first-order valence-corrected chi connectivity index (χ1v) is 5.69. The van der Waals surface area contributed by atoms with Crippen LogP contribution in [0.3, 0.4) is 0 Å². The first-order chi connectivity index (χ1) is 6.06. The summed E-state index contributed by atoms with van der Waals surface area (Å²) in [6, 6.07) is 0. The lowest BCUT2D eigenvalue weighted by Crippen LogP contribution is -2.03. The van der Waals surface area contributed by atoms with Crippen molar-refractivity contribution in [3.8, 4) is 0 Å². The van der Waals surface area contributed by atoms with E-state index in [1.807, 2.05) is 12.2 Å². The summed E-state index contributed by atoms with van der Waals surface area (Å²) >= 11 is 0. The van der Waals surface area contributed by atoms with Crippen LogP contribution >= 0.6 is 0 Å². The van der Waals surface area contributed by atoms with Gasteiger partial charge in [0.05, 0.1) is 6.61 Å². The molecule has 0 radical (unpaired) electrons. The lowest BCUT2D eigenvalue weighted by molar-refractivity contribution is 0.273. The molecule has 0 aliphatic carbocycles. The molecule has 5 heteroatoms. The largest absolute Gasteiger partial charge is 0.397 e. The summed E-state index contributed by atoms with van der Waals surface area (Å²) in [6.07, 6.45) is 7.62. The van der Waals surface area contributed by atoms with Crippen molar-refractivity contribution in [1.29, 1.82) is 0 Å². The van der Waals surface area contributed by atoms with Crippen molar-refractivity contribution in [3.05, 3.63) is 12.2 Å². The summed E-state index contributed by atoms with van der Waals surface area (Å²) in [5.74, 6) is 0. The Kier molecular flexibility index (Phi) is 6.84. The van der Waals surface area contributed by atoms with E-state index >= 15 is 0 Å². The molecule has 0 spiro atoms. The number of hydrogen-bond acceptors (Lipinski definition) is 3. The Labute approximate surface area is 79.6 Å². The Morgan fingerprint density at radius 2 is 1.92 bits per heavy atom. The van der Waals surface area contributed by atoms with Crippen molar-refractivity contribution in [2.75, 3.05) is 6.61 Å². The number of hydrogen-bond donors (Lipinski definition) is 1. The maximum Gasteiger partial charge on any atom is 0.397 e. The van der Waals surface area contributed by atoms with Gasteiger partial charge in [-0.05, 0) is 12.8 Å². The fourth-order valence-electron chi connectivity index (χ4n) is 0.779. The third-order valence-corrected chi connectivity index (χ3v) is 1.87. The molecule has 78 valence electrons. The molecule has 0 heterocycles. The molecule has 0 aliphatic heterocycles. The zero-order valence-electron chi connectivity index (χ0n) is 7.77. The smallest absolute Gasteiger partial charge is 0.264 e. The van der Waals surface area contributed by atoms with Crippen LogP contribution < -0.4 is 0 Å². The molecule has 1 N–H and O–H groups in total. The molecule has 13 heavy (non-hydrogen) atoms. The molecule has 0 saturated heterocycles. The van der Waals surface area contributed by atoms with Crippen molar-refractivity contribution < 1.29 is 17.2 Å². The van der Waals surface area contributed by atoms with Gasteiger partial charge in [-0.25, -0.2) is 4.18 Å². The Balaban J connectivity index is 3.30. The van der Waals surface area contributed by atoms with Gasteiger partial charge in [0.15, 0.2) is 0 Å². The van der Waals surface area contributed by atoms with Gasteiger partial charge in [-0.15, -0.1) is 0 Å². The molecule has 0 amide bonds. The second kappa shape index (κ2) is 7.06. The highest BCUT2D eigenvalue weighted by atomic mass is 32.3. The summed E-state index contributed by atoms with van der Waals surface area (Å²) in [4.78, 5) is 0. The van der Waals surface area contributed by atoms with E-state index in [0.717, 1.165) is 19.3 Å². The average Bonchev–Trinajstić information content (AvgIpc) is 2.01. The van der Waals surface area contributed by atoms with Gasteiger partial charge in [0.1, 0.15) is 0 Å². The highest BCUT2D eigenvalue weighted by molar-refractivity contribution is 7.80. The zero-order valence-corrected chi connectivity index (χ0v) is 8.59. The van der Waals surface area contributed by atoms with Crippen molar-refractivity contribution in [3.63, 3.8) is 0 Å². The highest BCUT2D eigenvalue weighted by Crippen LogP contribution is 1.97. The molecule has 0 aromatic carbocycles. The predicted molar refractivity (Wildman–Crippen MR) is 50.8 cm³/mol. The van der Waals surface area contributed by atoms with Gasteiger partial charge in [0.25, 0.3) is 0 Å². The quantitative estimate of drug-likeness (QED) is 0.394. The Morgan fingerprint density at radius 1 is 1.31 bits per heavy atom. The van der Waals surface area contributed by atoms with Crippen LogP contribution in [0.25, 0.3) is 0 Å². The molecule has 0 atom stereocenters. The maximum absolute atomic E-state index is 10.1. The minimum Gasteiger partial charge on any atom is -0.264 e. The molecular formula is C8H16O4S. The van der Waals surface area contributed by atoms with Gasteiger partial charge in [0.2, 0.25) is 0 Å². The predicted octanol–water partition coefficient (Wildman–Crippen LogP) is 1.94. The van der Waals surface area contributed by atoms with Gasteiger partial charge in [-0.3, -0.25) is 4.55 Å². The summed E-state index contributed by atoms with van der Waals surface area (Å²) in [5.41, 5.74) is 0. The van der Waals surface area contributed by atoms with E-state index in [9.17, 15) is 8.42 Å².